The average Bonchev–Trinajstić information content (AvgIpc) is 3.20. The van der Waals surface area contributed by atoms with E-state index in [0.29, 0.717) is 43.0 Å². The molecule has 7 nitrogen and oxygen atoms in total. The fourth-order valence-corrected chi connectivity index (χ4v) is 5.55. The SMILES string of the molecule is COCCCC[C@@](O)(c1cccc2nc(C(C)(C)C)oc12)C1CCCN(C(=O)O)C1C(C)(C)C. The number of hydrogen-bond donors (Lipinski definition) is 2. The van der Waals surface area contributed by atoms with Crippen LogP contribution in [0.4, 0.5) is 4.79 Å². The van der Waals surface area contributed by atoms with E-state index in [1.165, 1.54) is 4.90 Å². The van der Waals surface area contributed by atoms with Crippen molar-refractivity contribution in [2.45, 2.75) is 90.7 Å². The maximum absolute atomic E-state index is 12.6. The van der Waals surface area contributed by atoms with Crippen LogP contribution < -0.4 is 0 Å². The molecule has 190 valence electrons. The lowest BCUT2D eigenvalue weighted by Gasteiger charge is -2.52. The number of methoxy groups -OCH3 is 1. The van der Waals surface area contributed by atoms with Gasteiger partial charge < -0.3 is 24.3 Å². The quantitative estimate of drug-likeness (QED) is 0.483. The van der Waals surface area contributed by atoms with Gasteiger partial charge >= 0.3 is 6.09 Å². The highest BCUT2D eigenvalue weighted by atomic mass is 16.5. The molecule has 1 amide bonds. The van der Waals surface area contributed by atoms with Gasteiger partial charge in [-0.2, -0.15) is 0 Å². The number of unbranched alkanes of at least 4 members (excludes halogenated alkanes) is 1. The minimum atomic E-state index is -1.27. The summed E-state index contributed by atoms with van der Waals surface area (Å²) in [6.07, 6.45) is 2.58. The van der Waals surface area contributed by atoms with Gasteiger partial charge in [0.1, 0.15) is 5.52 Å². The van der Waals surface area contributed by atoms with E-state index in [1.54, 1.807) is 7.11 Å². The molecule has 2 unspecified atom stereocenters. The molecule has 1 fully saturated rings. The molecule has 0 saturated carbocycles. The summed E-state index contributed by atoms with van der Waals surface area (Å²) in [6, 6.07) is 5.41. The van der Waals surface area contributed by atoms with Crippen LogP contribution >= 0.6 is 0 Å². The second-order valence-corrected chi connectivity index (χ2v) is 11.8. The van der Waals surface area contributed by atoms with E-state index in [0.717, 1.165) is 24.8 Å². The summed E-state index contributed by atoms with van der Waals surface area (Å²) in [6.45, 7) is 13.4. The van der Waals surface area contributed by atoms with Gasteiger partial charge in [0.2, 0.25) is 5.89 Å². The Morgan fingerprint density at radius 2 is 1.91 bits per heavy atom. The number of para-hydroxylation sites is 1. The standard InChI is InChI=1S/C27H42N2O5/c1-25(2,3)22-19(13-11-16-29(22)24(30)31)27(32,15-8-9-17-33-7)18-12-10-14-20-21(18)34-23(28-20)26(4,5)6/h10,12,14,19,22,32H,8-9,11,13,15-17H2,1-7H3,(H,30,31)/t19?,22?,27-/m1/s1. The van der Waals surface area contributed by atoms with E-state index in [4.69, 9.17) is 14.1 Å². The molecule has 7 heteroatoms. The number of fused-ring (bicyclic) bond motifs is 1. The first kappa shape index (κ1) is 26.5. The van der Waals surface area contributed by atoms with Gasteiger partial charge in [0.15, 0.2) is 5.58 Å². The van der Waals surface area contributed by atoms with Crippen LogP contribution in [0.3, 0.4) is 0 Å². The van der Waals surface area contributed by atoms with Crippen LogP contribution in [0.5, 0.6) is 0 Å². The first-order valence-electron chi connectivity index (χ1n) is 12.4. The number of hydrogen-bond acceptors (Lipinski definition) is 5. The van der Waals surface area contributed by atoms with Gasteiger partial charge in [0, 0.05) is 43.2 Å². The summed E-state index contributed by atoms with van der Waals surface area (Å²) in [5, 5.41) is 22.6. The van der Waals surface area contributed by atoms with Crippen LogP contribution in [0.15, 0.2) is 22.6 Å². The molecule has 1 aromatic heterocycles. The van der Waals surface area contributed by atoms with Gasteiger partial charge in [-0.05, 0) is 43.6 Å². The van der Waals surface area contributed by atoms with E-state index in [-0.39, 0.29) is 22.8 Å². The van der Waals surface area contributed by atoms with E-state index < -0.39 is 11.7 Å². The zero-order chi connectivity index (χ0) is 25.3. The molecule has 2 aromatic rings. The average molecular weight is 475 g/mol. The van der Waals surface area contributed by atoms with Gasteiger partial charge in [-0.1, -0.05) is 53.7 Å². The summed E-state index contributed by atoms with van der Waals surface area (Å²) in [5.74, 6) is 0.341. The van der Waals surface area contributed by atoms with E-state index in [9.17, 15) is 15.0 Å². The minimum absolute atomic E-state index is 0.272. The molecule has 1 saturated heterocycles. The number of carboxylic acid groups (broad SMARTS) is 1. The molecule has 3 rings (SSSR count). The topological polar surface area (TPSA) is 96.0 Å². The Hall–Kier alpha value is -2.12. The molecule has 2 N–H and O–H groups in total. The number of ether oxygens (including phenoxy) is 1. The van der Waals surface area contributed by atoms with Crippen molar-refractivity contribution < 1.29 is 24.2 Å². The molecule has 3 atom stereocenters. The molecular weight excluding hydrogens is 432 g/mol. The molecule has 0 radical (unpaired) electrons. The van der Waals surface area contributed by atoms with Crippen molar-refractivity contribution in [1.82, 2.24) is 9.88 Å². The second kappa shape index (κ2) is 9.86. The maximum atomic E-state index is 12.6. The number of aliphatic hydroxyl groups is 1. The zero-order valence-corrected chi connectivity index (χ0v) is 21.9. The first-order valence-corrected chi connectivity index (χ1v) is 12.4. The number of rotatable bonds is 7. The summed E-state index contributed by atoms with van der Waals surface area (Å²) in [4.78, 5) is 18.5. The Morgan fingerprint density at radius 3 is 2.50 bits per heavy atom. The third-order valence-corrected chi connectivity index (χ3v) is 7.06. The van der Waals surface area contributed by atoms with Crippen molar-refractivity contribution in [2.75, 3.05) is 20.3 Å². The number of nitrogens with zero attached hydrogens (tertiary/aromatic N) is 2. The van der Waals surface area contributed by atoms with Crippen LogP contribution in [0, 0.1) is 11.3 Å². The fraction of sp³-hybridized carbons (Fsp3) is 0.704. The lowest BCUT2D eigenvalue weighted by molar-refractivity contribution is -0.106. The van der Waals surface area contributed by atoms with E-state index >= 15 is 0 Å². The number of carbonyl (C=O) groups is 1. The van der Waals surface area contributed by atoms with Gasteiger partial charge in [0.05, 0.1) is 5.60 Å². The Labute approximate surface area is 203 Å². The molecule has 34 heavy (non-hydrogen) atoms. The van der Waals surface area contributed by atoms with Gasteiger partial charge in [0.25, 0.3) is 0 Å². The molecule has 1 aliphatic heterocycles. The van der Waals surface area contributed by atoms with Crippen molar-refractivity contribution in [3.05, 3.63) is 29.7 Å². The fourth-order valence-electron chi connectivity index (χ4n) is 5.55. The summed E-state index contributed by atoms with van der Waals surface area (Å²) in [7, 11) is 1.68. The van der Waals surface area contributed by atoms with Crippen molar-refractivity contribution in [3.63, 3.8) is 0 Å². The van der Waals surface area contributed by atoms with E-state index in [2.05, 4.69) is 41.5 Å². The van der Waals surface area contributed by atoms with Crippen molar-refractivity contribution in [1.29, 1.82) is 0 Å². The highest BCUT2D eigenvalue weighted by Gasteiger charge is 2.52. The smallest absolute Gasteiger partial charge is 0.407 e. The Morgan fingerprint density at radius 1 is 1.21 bits per heavy atom. The van der Waals surface area contributed by atoms with Crippen LogP contribution in [0.1, 0.15) is 85.1 Å². The lowest BCUT2D eigenvalue weighted by atomic mass is 9.64. The number of aromatic nitrogens is 1. The molecule has 0 spiro atoms. The molecule has 0 aliphatic carbocycles. The molecule has 0 bridgehead atoms. The van der Waals surface area contributed by atoms with Crippen LogP contribution in [-0.4, -0.2) is 52.5 Å². The zero-order valence-electron chi connectivity index (χ0n) is 21.9. The number of likely N-dealkylation sites (tertiary alicyclic amines) is 1. The van der Waals surface area contributed by atoms with Gasteiger partial charge in [-0.3, -0.25) is 0 Å². The molecule has 1 aliphatic rings. The first-order chi connectivity index (χ1) is 15.8. The Kier molecular flexibility index (Phi) is 7.68. The van der Waals surface area contributed by atoms with Crippen LogP contribution in [-0.2, 0) is 15.8 Å². The molecular formula is C27H42N2O5. The van der Waals surface area contributed by atoms with Crippen LogP contribution in [0.25, 0.3) is 11.1 Å². The monoisotopic (exact) mass is 474 g/mol. The predicted octanol–water partition coefficient (Wildman–Crippen LogP) is 5.93. The number of piperidine rings is 1. The summed E-state index contributed by atoms with van der Waals surface area (Å²) >= 11 is 0. The van der Waals surface area contributed by atoms with E-state index in [1.807, 2.05) is 18.2 Å². The Balaban J connectivity index is 2.18. The van der Waals surface area contributed by atoms with Crippen molar-refractivity contribution in [2.24, 2.45) is 11.3 Å². The maximum Gasteiger partial charge on any atom is 0.407 e. The normalized spacial score (nSPS) is 21.6. The van der Waals surface area contributed by atoms with Gasteiger partial charge in [-0.25, -0.2) is 9.78 Å². The number of amides is 1. The lowest BCUT2D eigenvalue weighted by Crippen LogP contribution is -2.59. The second-order valence-electron chi connectivity index (χ2n) is 11.8. The largest absolute Gasteiger partial charge is 0.465 e. The van der Waals surface area contributed by atoms with Crippen molar-refractivity contribution >= 4 is 17.2 Å². The Bertz CT molecular complexity index is 987. The highest BCUT2D eigenvalue weighted by Crippen LogP contribution is 2.49. The third-order valence-electron chi connectivity index (χ3n) is 7.06. The number of benzene rings is 1. The predicted molar refractivity (Wildman–Crippen MR) is 133 cm³/mol. The summed E-state index contributed by atoms with van der Waals surface area (Å²) in [5.41, 5.74) is 0.130. The third kappa shape index (κ3) is 5.25. The van der Waals surface area contributed by atoms with Gasteiger partial charge in [-0.15, -0.1) is 0 Å². The number of oxazole rings is 1. The summed E-state index contributed by atoms with van der Waals surface area (Å²) < 4.78 is 11.5. The van der Waals surface area contributed by atoms with Crippen molar-refractivity contribution in [3.8, 4) is 0 Å². The highest BCUT2D eigenvalue weighted by molar-refractivity contribution is 5.77. The van der Waals surface area contributed by atoms with Crippen LogP contribution in [0.2, 0.25) is 0 Å². The molecule has 2 heterocycles. The molecule has 1 aromatic carbocycles. The minimum Gasteiger partial charge on any atom is -0.465 e.